The fourth-order valence-electron chi connectivity index (χ4n) is 3.93. The molecule has 0 atom stereocenters. The molecule has 0 unspecified atom stereocenters. The summed E-state index contributed by atoms with van der Waals surface area (Å²) in [4.78, 5) is 13.2. The Morgan fingerprint density at radius 1 is 1.14 bits per heavy atom. The lowest BCUT2D eigenvalue weighted by Gasteiger charge is -2.36. The van der Waals surface area contributed by atoms with Crippen LogP contribution in [0.3, 0.4) is 0 Å². The summed E-state index contributed by atoms with van der Waals surface area (Å²) in [7, 11) is 0. The van der Waals surface area contributed by atoms with E-state index in [4.69, 9.17) is 9.47 Å². The monoisotopic (exact) mass is 395 g/mol. The summed E-state index contributed by atoms with van der Waals surface area (Å²) in [6.07, 6.45) is 0.972. The van der Waals surface area contributed by atoms with Gasteiger partial charge in [-0.1, -0.05) is 25.3 Å². The first-order valence-electron chi connectivity index (χ1n) is 9.18. The Balaban J connectivity index is 1.58. The molecule has 150 valence electrons. The van der Waals surface area contributed by atoms with Gasteiger partial charge in [-0.15, -0.1) is 0 Å². The molecule has 0 spiro atoms. The molecule has 4 rings (SSSR count). The van der Waals surface area contributed by atoms with Crippen molar-refractivity contribution in [3.8, 4) is 11.5 Å². The van der Waals surface area contributed by atoms with Crippen molar-refractivity contribution in [2.24, 2.45) is 0 Å². The SMILES string of the molecule is O=C(Nc1ccn(CC(F)(F)F)n1)C1(c2ccc3c(c2)OCO3)CCCCC1. The van der Waals surface area contributed by atoms with Crippen molar-refractivity contribution in [1.82, 2.24) is 9.78 Å². The minimum Gasteiger partial charge on any atom is -0.454 e. The number of hydrogen-bond acceptors (Lipinski definition) is 4. The molecule has 2 heterocycles. The molecular weight excluding hydrogens is 375 g/mol. The number of rotatable bonds is 4. The molecule has 1 N–H and O–H groups in total. The third kappa shape index (κ3) is 3.65. The van der Waals surface area contributed by atoms with Gasteiger partial charge in [0.25, 0.3) is 0 Å². The fourth-order valence-corrected chi connectivity index (χ4v) is 3.93. The summed E-state index contributed by atoms with van der Waals surface area (Å²) < 4.78 is 49.1. The number of amides is 1. The molecule has 1 aromatic carbocycles. The van der Waals surface area contributed by atoms with Crippen molar-refractivity contribution in [2.75, 3.05) is 12.1 Å². The predicted molar refractivity (Wildman–Crippen MR) is 94.2 cm³/mol. The average Bonchev–Trinajstić information content (AvgIpc) is 3.29. The van der Waals surface area contributed by atoms with Gasteiger partial charge in [-0.3, -0.25) is 9.48 Å². The molecule has 9 heteroatoms. The van der Waals surface area contributed by atoms with Crippen LogP contribution in [-0.4, -0.2) is 28.7 Å². The highest BCUT2D eigenvalue weighted by molar-refractivity contribution is 5.98. The Morgan fingerprint density at radius 3 is 2.64 bits per heavy atom. The fraction of sp³-hybridized carbons (Fsp3) is 0.474. The largest absolute Gasteiger partial charge is 0.454 e. The number of carbonyl (C=O) groups excluding carboxylic acids is 1. The zero-order valence-corrected chi connectivity index (χ0v) is 15.1. The third-order valence-corrected chi connectivity index (χ3v) is 5.29. The summed E-state index contributed by atoms with van der Waals surface area (Å²) in [6, 6.07) is 6.86. The summed E-state index contributed by atoms with van der Waals surface area (Å²) in [5, 5.41) is 6.55. The number of benzene rings is 1. The molecule has 1 fully saturated rings. The van der Waals surface area contributed by atoms with E-state index in [1.165, 1.54) is 12.3 Å². The number of ether oxygens (including phenoxy) is 2. The second-order valence-electron chi connectivity index (χ2n) is 7.18. The second-order valence-corrected chi connectivity index (χ2v) is 7.18. The minimum atomic E-state index is -4.37. The summed E-state index contributed by atoms with van der Waals surface area (Å²) in [6.45, 7) is -1.05. The lowest BCUT2D eigenvalue weighted by atomic mass is 9.68. The summed E-state index contributed by atoms with van der Waals surface area (Å²) >= 11 is 0. The van der Waals surface area contributed by atoms with Crippen LogP contribution in [0, 0.1) is 0 Å². The molecule has 28 heavy (non-hydrogen) atoms. The molecule has 1 aromatic heterocycles. The number of nitrogens with one attached hydrogen (secondary N) is 1. The first-order chi connectivity index (χ1) is 13.4. The first-order valence-corrected chi connectivity index (χ1v) is 9.18. The van der Waals surface area contributed by atoms with Crippen molar-refractivity contribution in [1.29, 1.82) is 0 Å². The van der Waals surface area contributed by atoms with Crippen LogP contribution >= 0.6 is 0 Å². The van der Waals surface area contributed by atoms with Crippen LogP contribution in [0.15, 0.2) is 30.5 Å². The molecule has 1 amide bonds. The van der Waals surface area contributed by atoms with E-state index < -0.39 is 18.1 Å². The molecule has 1 saturated carbocycles. The van der Waals surface area contributed by atoms with E-state index in [2.05, 4.69) is 10.4 Å². The maximum atomic E-state index is 13.2. The minimum absolute atomic E-state index is 0.111. The first kappa shape index (κ1) is 18.6. The second kappa shape index (κ2) is 7.03. The molecule has 0 bridgehead atoms. The number of carbonyl (C=O) groups is 1. The van der Waals surface area contributed by atoms with E-state index in [9.17, 15) is 18.0 Å². The van der Waals surface area contributed by atoms with Gasteiger partial charge in [0.15, 0.2) is 17.3 Å². The molecular formula is C19H20F3N3O3. The molecule has 1 aliphatic carbocycles. The van der Waals surface area contributed by atoms with Gasteiger partial charge in [0, 0.05) is 12.3 Å². The molecule has 2 aliphatic rings. The summed E-state index contributed by atoms with van der Waals surface area (Å²) in [5.41, 5.74) is 0.0520. The highest BCUT2D eigenvalue weighted by Gasteiger charge is 2.42. The maximum absolute atomic E-state index is 13.2. The van der Waals surface area contributed by atoms with Crippen molar-refractivity contribution < 1.29 is 27.4 Å². The van der Waals surface area contributed by atoms with Gasteiger partial charge in [-0.2, -0.15) is 18.3 Å². The Labute approximate surface area is 159 Å². The number of alkyl halides is 3. The molecule has 1 aliphatic heterocycles. The van der Waals surface area contributed by atoms with Gasteiger partial charge in [0.1, 0.15) is 6.54 Å². The Kier molecular flexibility index (Phi) is 4.68. The Bertz CT molecular complexity index is 873. The number of halogens is 3. The topological polar surface area (TPSA) is 65.4 Å². The van der Waals surface area contributed by atoms with Gasteiger partial charge < -0.3 is 14.8 Å². The molecule has 2 aromatic rings. The highest BCUT2D eigenvalue weighted by atomic mass is 19.4. The smallest absolute Gasteiger partial charge is 0.408 e. The van der Waals surface area contributed by atoms with E-state index >= 15 is 0 Å². The van der Waals surface area contributed by atoms with Gasteiger partial charge in [-0.25, -0.2) is 0 Å². The van der Waals surface area contributed by atoms with Crippen molar-refractivity contribution in [2.45, 2.75) is 50.2 Å². The van der Waals surface area contributed by atoms with Crippen molar-refractivity contribution in [3.05, 3.63) is 36.0 Å². The molecule has 0 radical (unpaired) electrons. The third-order valence-electron chi connectivity index (χ3n) is 5.29. The van der Waals surface area contributed by atoms with E-state index in [0.29, 0.717) is 24.3 Å². The van der Waals surface area contributed by atoms with Crippen molar-refractivity contribution in [3.63, 3.8) is 0 Å². The van der Waals surface area contributed by atoms with Crippen LogP contribution in [0.1, 0.15) is 37.7 Å². The van der Waals surface area contributed by atoms with Crippen molar-refractivity contribution >= 4 is 11.7 Å². The average molecular weight is 395 g/mol. The number of aromatic nitrogens is 2. The molecule has 0 saturated heterocycles. The van der Waals surface area contributed by atoms with Gasteiger partial charge in [0.05, 0.1) is 5.41 Å². The Hall–Kier alpha value is -2.71. The molecule has 6 nitrogen and oxygen atoms in total. The van der Waals surface area contributed by atoms with Crippen LogP contribution in [0.25, 0.3) is 0 Å². The number of hydrogen-bond donors (Lipinski definition) is 1. The van der Waals surface area contributed by atoms with Gasteiger partial charge in [-0.05, 0) is 30.5 Å². The highest BCUT2D eigenvalue weighted by Crippen LogP contribution is 2.44. The zero-order valence-electron chi connectivity index (χ0n) is 15.1. The zero-order chi connectivity index (χ0) is 19.8. The van der Waals surface area contributed by atoms with Crippen LogP contribution in [0.4, 0.5) is 19.0 Å². The number of fused-ring (bicyclic) bond motifs is 1. The van der Waals surface area contributed by atoms with E-state index in [-0.39, 0.29) is 18.5 Å². The Morgan fingerprint density at radius 2 is 1.89 bits per heavy atom. The normalized spacial score (nSPS) is 18.1. The lowest BCUT2D eigenvalue weighted by Crippen LogP contribution is -2.42. The van der Waals surface area contributed by atoms with Crippen LogP contribution in [0.5, 0.6) is 11.5 Å². The predicted octanol–water partition coefficient (Wildman–Crippen LogP) is 4.01. The van der Waals surface area contributed by atoms with Gasteiger partial charge in [0.2, 0.25) is 12.7 Å². The lowest BCUT2D eigenvalue weighted by molar-refractivity contribution is -0.142. The standard InChI is InChI=1S/C19H20F3N3O3/c20-19(21,22)11-25-9-6-16(24-25)23-17(26)18(7-2-1-3-8-18)13-4-5-14-15(10-13)28-12-27-14/h4-6,9-10H,1-3,7-8,11-12H2,(H,23,24,26). The number of anilines is 1. The van der Waals surface area contributed by atoms with Crippen LogP contribution in [0.2, 0.25) is 0 Å². The quantitative estimate of drug-likeness (QED) is 0.850. The van der Waals surface area contributed by atoms with E-state index in [0.717, 1.165) is 29.5 Å². The van der Waals surface area contributed by atoms with Gasteiger partial charge >= 0.3 is 6.18 Å². The maximum Gasteiger partial charge on any atom is 0.408 e. The summed E-state index contributed by atoms with van der Waals surface area (Å²) in [5.74, 6) is 1.09. The van der Waals surface area contributed by atoms with E-state index in [1.54, 1.807) is 6.07 Å². The van der Waals surface area contributed by atoms with E-state index in [1.807, 2.05) is 12.1 Å². The van der Waals surface area contributed by atoms with Crippen LogP contribution in [-0.2, 0) is 16.8 Å². The number of nitrogens with zero attached hydrogens (tertiary/aromatic N) is 2. The van der Waals surface area contributed by atoms with Crippen LogP contribution < -0.4 is 14.8 Å².